The monoisotopic (exact) mass is 309 g/mol. The van der Waals surface area contributed by atoms with Crippen molar-refractivity contribution in [1.29, 1.82) is 0 Å². The summed E-state index contributed by atoms with van der Waals surface area (Å²) in [6, 6.07) is 12.6. The number of fused-ring (bicyclic) bond motifs is 1. The Morgan fingerprint density at radius 1 is 1.26 bits per heavy atom. The Balaban J connectivity index is 1.75. The van der Waals surface area contributed by atoms with Gasteiger partial charge in [-0.15, -0.1) is 0 Å². The number of aromatic nitrogens is 1. The van der Waals surface area contributed by atoms with Gasteiger partial charge in [0.25, 0.3) is 0 Å². The highest BCUT2D eigenvalue weighted by atomic mass is 15.3. The number of aliphatic imine (C=N–C) groups is 1. The second kappa shape index (κ2) is 6.69. The Labute approximate surface area is 137 Å². The molecule has 0 spiro atoms. The molecule has 1 aliphatic rings. The fourth-order valence-electron chi connectivity index (χ4n) is 3.00. The van der Waals surface area contributed by atoms with Gasteiger partial charge in [0.1, 0.15) is 5.82 Å². The summed E-state index contributed by atoms with van der Waals surface area (Å²) in [6.07, 6.45) is 2.89. The molecule has 1 aromatic carbocycles. The van der Waals surface area contributed by atoms with E-state index in [0.29, 0.717) is 6.54 Å². The van der Waals surface area contributed by atoms with E-state index in [1.165, 1.54) is 11.3 Å². The van der Waals surface area contributed by atoms with E-state index in [9.17, 15) is 0 Å². The quantitative estimate of drug-likeness (QED) is 0.698. The number of hydrogen-bond acceptors (Lipinski definition) is 3. The van der Waals surface area contributed by atoms with Crippen LogP contribution in [0.25, 0.3) is 0 Å². The van der Waals surface area contributed by atoms with Gasteiger partial charge in [-0.1, -0.05) is 24.3 Å². The minimum atomic E-state index is 0.701. The highest BCUT2D eigenvalue weighted by molar-refractivity contribution is 5.97. The highest BCUT2D eigenvalue weighted by Crippen LogP contribution is 2.27. The molecule has 1 N–H and O–H groups in total. The lowest BCUT2D eigenvalue weighted by Crippen LogP contribution is -2.40. The molecule has 0 bridgehead atoms. The van der Waals surface area contributed by atoms with Gasteiger partial charge in [0.15, 0.2) is 5.96 Å². The number of pyridine rings is 1. The third-order valence-electron chi connectivity index (χ3n) is 4.08. The van der Waals surface area contributed by atoms with Gasteiger partial charge in [-0.2, -0.15) is 0 Å². The van der Waals surface area contributed by atoms with Crippen molar-refractivity contribution < 1.29 is 0 Å². The maximum absolute atomic E-state index is 4.46. The van der Waals surface area contributed by atoms with E-state index < -0.39 is 0 Å². The van der Waals surface area contributed by atoms with Crippen LogP contribution in [-0.4, -0.2) is 38.6 Å². The molecule has 0 amide bonds. The summed E-state index contributed by atoms with van der Waals surface area (Å²) < 4.78 is 0. The fraction of sp³-hybridized carbons (Fsp3) is 0.333. The van der Waals surface area contributed by atoms with Crippen molar-refractivity contribution in [3.05, 3.63) is 53.7 Å². The summed E-state index contributed by atoms with van der Waals surface area (Å²) in [5, 5.41) is 3.47. The molecule has 0 saturated carbocycles. The van der Waals surface area contributed by atoms with Crippen molar-refractivity contribution in [2.24, 2.45) is 4.99 Å². The summed E-state index contributed by atoms with van der Waals surface area (Å²) in [5.41, 5.74) is 3.79. The SMILES string of the molecule is CN=C(NCc1cccnc1N(C)C)N1CCc2ccccc21. The van der Waals surface area contributed by atoms with Crippen LogP contribution in [0.4, 0.5) is 11.5 Å². The Hall–Kier alpha value is -2.56. The van der Waals surface area contributed by atoms with E-state index in [1.807, 2.05) is 38.3 Å². The van der Waals surface area contributed by atoms with Crippen LogP contribution in [-0.2, 0) is 13.0 Å². The molecule has 0 aliphatic carbocycles. The minimum absolute atomic E-state index is 0.701. The number of para-hydroxylation sites is 1. The molecule has 5 heteroatoms. The molecule has 2 heterocycles. The average Bonchev–Trinajstić information content (AvgIpc) is 3.00. The number of hydrogen-bond donors (Lipinski definition) is 1. The van der Waals surface area contributed by atoms with Gasteiger partial charge in [0.05, 0.1) is 0 Å². The fourth-order valence-corrected chi connectivity index (χ4v) is 3.00. The molecule has 0 unspecified atom stereocenters. The van der Waals surface area contributed by atoms with Crippen LogP contribution in [0.15, 0.2) is 47.6 Å². The van der Waals surface area contributed by atoms with Gasteiger partial charge in [-0.3, -0.25) is 4.99 Å². The molecule has 23 heavy (non-hydrogen) atoms. The normalized spacial score (nSPS) is 13.9. The minimum Gasteiger partial charge on any atom is -0.362 e. The van der Waals surface area contributed by atoms with Crippen molar-refractivity contribution in [2.45, 2.75) is 13.0 Å². The van der Waals surface area contributed by atoms with E-state index in [2.05, 4.69) is 50.5 Å². The first kappa shape index (κ1) is 15.3. The van der Waals surface area contributed by atoms with Crippen LogP contribution < -0.4 is 15.1 Å². The number of nitrogens with one attached hydrogen (secondary N) is 1. The lowest BCUT2D eigenvalue weighted by atomic mass is 10.2. The first-order valence-corrected chi connectivity index (χ1v) is 7.88. The van der Waals surface area contributed by atoms with Crippen molar-refractivity contribution in [2.75, 3.05) is 37.5 Å². The van der Waals surface area contributed by atoms with E-state index in [0.717, 1.165) is 30.3 Å². The number of guanidine groups is 1. The molecular weight excluding hydrogens is 286 g/mol. The second-order valence-corrected chi connectivity index (χ2v) is 5.81. The Bertz CT molecular complexity index is 708. The van der Waals surface area contributed by atoms with Gasteiger partial charge < -0.3 is 15.1 Å². The van der Waals surface area contributed by atoms with Gasteiger partial charge in [-0.25, -0.2) is 4.98 Å². The number of rotatable bonds is 3. The van der Waals surface area contributed by atoms with Gasteiger partial charge >= 0.3 is 0 Å². The first-order chi connectivity index (χ1) is 11.2. The van der Waals surface area contributed by atoms with Crippen molar-refractivity contribution >= 4 is 17.5 Å². The van der Waals surface area contributed by atoms with E-state index in [4.69, 9.17) is 0 Å². The summed E-state index contributed by atoms with van der Waals surface area (Å²) in [7, 11) is 5.86. The number of benzene rings is 1. The van der Waals surface area contributed by atoms with E-state index >= 15 is 0 Å². The molecule has 1 aromatic heterocycles. The Morgan fingerprint density at radius 3 is 2.87 bits per heavy atom. The van der Waals surface area contributed by atoms with Gasteiger partial charge in [0.2, 0.25) is 0 Å². The zero-order valence-electron chi connectivity index (χ0n) is 14.0. The summed E-state index contributed by atoms with van der Waals surface area (Å²) >= 11 is 0. The third kappa shape index (κ3) is 3.13. The van der Waals surface area contributed by atoms with E-state index in [-0.39, 0.29) is 0 Å². The molecule has 2 aromatic rings. The van der Waals surface area contributed by atoms with Crippen LogP contribution in [0.2, 0.25) is 0 Å². The van der Waals surface area contributed by atoms with E-state index in [1.54, 1.807) is 0 Å². The zero-order valence-corrected chi connectivity index (χ0v) is 14.0. The molecule has 0 saturated heterocycles. The van der Waals surface area contributed by atoms with Crippen LogP contribution in [0.5, 0.6) is 0 Å². The Morgan fingerprint density at radius 2 is 2.09 bits per heavy atom. The average molecular weight is 309 g/mol. The highest BCUT2D eigenvalue weighted by Gasteiger charge is 2.22. The van der Waals surface area contributed by atoms with Crippen molar-refractivity contribution in [1.82, 2.24) is 10.3 Å². The maximum atomic E-state index is 4.46. The van der Waals surface area contributed by atoms with Gasteiger partial charge in [-0.05, 0) is 24.1 Å². The van der Waals surface area contributed by atoms with Crippen LogP contribution in [0.3, 0.4) is 0 Å². The predicted octanol–water partition coefficient (Wildman–Crippen LogP) is 2.29. The molecule has 0 radical (unpaired) electrons. The van der Waals surface area contributed by atoms with Crippen molar-refractivity contribution in [3.8, 4) is 0 Å². The Kier molecular flexibility index (Phi) is 4.46. The third-order valence-corrected chi connectivity index (χ3v) is 4.08. The molecular formula is C18H23N5. The number of anilines is 2. The summed E-state index contributed by atoms with van der Waals surface area (Å²) in [6.45, 7) is 1.67. The van der Waals surface area contributed by atoms with Crippen LogP contribution >= 0.6 is 0 Å². The zero-order chi connectivity index (χ0) is 16.2. The molecule has 0 fully saturated rings. The van der Waals surface area contributed by atoms with Crippen LogP contribution in [0, 0.1) is 0 Å². The van der Waals surface area contributed by atoms with Crippen LogP contribution in [0.1, 0.15) is 11.1 Å². The first-order valence-electron chi connectivity index (χ1n) is 7.88. The molecule has 0 atom stereocenters. The predicted molar refractivity (Wildman–Crippen MR) is 96.3 cm³/mol. The van der Waals surface area contributed by atoms with Gasteiger partial charge in [0, 0.05) is 51.7 Å². The summed E-state index contributed by atoms with van der Waals surface area (Å²) in [5.74, 6) is 1.89. The molecule has 120 valence electrons. The topological polar surface area (TPSA) is 43.8 Å². The standard InChI is InChI=1S/C18H23N5/c1-19-18(23-12-10-14-7-4-5-9-16(14)23)21-13-15-8-6-11-20-17(15)22(2)3/h4-9,11H,10,12-13H2,1-3H3,(H,19,21). The number of nitrogens with zero attached hydrogens (tertiary/aromatic N) is 4. The second-order valence-electron chi connectivity index (χ2n) is 5.81. The summed E-state index contributed by atoms with van der Waals surface area (Å²) in [4.78, 5) is 13.2. The maximum Gasteiger partial charge on any atom is 0.198 e. The van der Waals surface area contributed by atoms with Crippen molar-refractivity contribution in [3.63, 3.8) is 0 Å². The lowest BCUT2D eigenvalue weighted by Gasteiger charge is -2.23. The smallest absolute Gasteiger partial charge is 0.198 e. The molecule has 5 nitrogen and oxygen atoms in total. The molecule has 3 rings (SSSR count). The largest absolute Gasteiger partial charge is 0.362 e. The molecule has 1 aliphatic heterocycles. The lowest BCUT2D eigenvalue weighted by molar-refractivity contribution is 0.855.